The highest BCUT2D eigenvalue weighted by molar-refractivity contribution is 5.72. The van der Waals surface area contributed by atoms with Gasteiger partial charge in [0.1, 0.15) is 11.5 Å². The van der Waals surface area contributed by atoms with Gasteiger partial charge in [-0.2, -0.15) is 0 Å². The van der Waals surface area contributed by atoms with Gasteiger partial charge in [-0.15, -0.1) is 10.2 Å². The molecule has 2 heterocycles. The van der Waals surface area contributed by atoms with Crippen LogP contribution in [-0.2, 0) is 6.42 Å². The highest BCUT2D eigenvalue weighted by atomic mass is 16.5. The maximum Gasteiger partial charge on any atom is 0.167 e. The summed E-state index contributed by atoms with van der Waals surface area (Å²) < 4.78 is 5.91. The minimum Gasteiger partial charge on any atom is -0.507 e. The van der Waals surface area contributed by atoms with Crippen molar-refractivity contribution in [2.24, 2.45) is 0 Å². The van der Waals surface area contributed by atoms with Crippen LogP contribution in [0, 0.1) is 27.7 Å². The third kappa shape index (κ3) is 12.8. The molecule has 5 rings (SSSR count). The van der Waals surface area contributed by atoms with Gasteiger partial charge in [-0.05, 0) is 81.5 Å². The van der Waals surface area contributed by atoms with Crippen LogP contribution in [-0.4, -0.2) is 42.1 Å². The molecule has 0 unspecified atom stereocenters. The first-order valence-corrected chi connectivity index (χ1v) is 19.3. The molecule has 0 fully saturated rings. The van der Waals surface area contributed by atoms with E-state index in [0.717, 1.165) is 47.2 Å². The highest BCUT2D eigenvalue weighted by Crippen LogP contribution is 2.34. The van der Waals surface area contributed by atoms with Crippen molar-refractivity contribution in [2.45, 2.75) is 125 Å². The zero-order valence-electron chi connectivity index (χ0n) is 32.3. The van der Waals surface area contributed by atoms with Crippen LogP contribution in [0.25, 0.3) is 34.2 Å². The number of unbranched alkanes of at least 4 members (excludes halogenated alkanes) is 10. The zero-order valence-corrected chi connectivity index (χ0v) is 32.3. The normalized spacial score (nSPS) is 10.9. The quantitative estimate of drug-likeness (QED) is 0.0899. The number of aryl methyl sites for hydroxylation is 5. The second-order valence-electron chi connectivity index (χ2n) is 13.9. The number of nitrogens with zero attached hydrogens (tertiary/aromatic N) is 6. The zero-order chi connectivity index (χ0) is 37.1. The molecule has 0 aliphatic carbocycles. The summed E-state index contributed by atoms with van der Waals surface area (Å²) in [4.78, 5) is 14.5. The molecule has 1 N–H and O–H groups in total. The van der Waals surface area contributed by atoms with Crippen molar-refractivity contribution in [3.05, 3.63) is 94.8 Å². The van der Waals surface area contributed by atoms with Gasteiger partial charge in [0, 0.05) is 17.2 Å². The fourth-order valence-electron chi connectivity index (χ4n) is 6.21. The van der Waals surface area contributed by atoms with Crippen LogP contribution in [0.5, 0.6) is 11.5 Å². The molecule has 0 amide bonds. The molecule has 52 heavy (non-hydrogen) atoms. The lowest BCUT2D eigenvalue weighted by Crippen LogP contribution is -2.02. The number of aromatic hydroxyl groups is 1. The lowest BCUT2D eigenvalue weighted by molar-refractivity contribution is 0.303. The first kappa shape index (κ1) is 40.1. The van der Waals surface area contributed by atoms with Gasteiger partial charge >= 0.3 is 0 Å². The molecule has 0 atom stereocenters. The van der Waals surface area contributed by atoms with Gasteiger partial charge in [0.25, 0.3) is 0 Å². The molecule has 0 radical (unpaired) electrons. The average Bonchev–Trinajstić information content (AvgIpc) is 3.13. The van der Waals surface area contributed by atoms with Gasteiger partial charge in [0.2, 0.25) is 0 Å². The van der Waals surface area contributed by atoms with Crippen LogP contribution in [0.4, 0.5) is 0 Å². The summed E-state index contributed by atoms with van der Waals surface area (Å²) in [5, 5.41) is 22.2. The Morgan fingerprint density at radius 3 is 1.60 bits per heavy atom. The number of benzene rings is 3. The van der Waals surface area contributed by atoms with E-state index in [0.29, 0.717) is 35.4 Å². The van der Waals surface area contributed by atoms with E-state index in [9.17, 15) is 5.11 Å². The largest absolute Gasteiger partial charge is 0.507 e. The van der Waals surface area contributed by atoms with Gasteiger partial charge in [-0.1, -0.05) is 126 Å². The Morgan fingerprint density at radius 1 is 0.558 bits per heavy atom. The van der Waals surface area contributed by atoms with Crippen LogP contribution in [0.15, 0.2) is 66.9 Å². The lowest BCUT2D eigenvalue weighted by atomic mass is 10.0. The third-order valence-corrected chi connectivity index (χ3v) is 9.20. The first-order valence-electron chi connectivity index (χ1n) is 19.3. The van der Waals surface area contributed by atoms with Crippen LogP contribution in [0.2, 0.25) is 0 Å². The van der Waals surface area contributed by atoms with Crippen molar-refractivity contribution in [1.82, 2.24) is 30.4 Å². The molecule has 5 aromatic rings. The minimum atomic E-state index is 0.0924. The Kier molecular flexibility index (Phi) is 16.6. The first-order chi connectivity index (χ1) is 25.3. The standard InChI is InChI=1S/C33H39N3O2.C11H19N3/c1-6-7-8-9-10-11-18-38-26-14-17-29(30(37)21-26)33-35-31(27-15-12-22(2)19-24(27)4)34-32(36-33)28-16-13-23(3)20-25(28)5;1-2-3-4-5-6-7-8-11-9-10-12-14-13-11/h12-17,19-21,37H,6-11,18H2,1-5H3;9-10H,2-8H2,1H3. The summed E-state index contributed by atoms with van der Waals surface area (Å²) in [7, 11) is 0. The smallest absolute Gasteiger partial charge is 0.167 e. The maximum absolute atomic E-state index is 11.0. The van der Waals surface area contributed by atoms with E-state index >= 15 is 0 Å². The van der Waals surface area contributed by atoms with E-state index in [1.807, 2.05) is 18.2 Å². The highest BCUT2D eigenvalue weighted by Gasteiger charge is 2.17. The molecule has 0 aliphatic rings. The Hall–Kier alpha value is -4.72. The molecule has 0 saturated heterocycles. The number of phenolic OH excluding ortho intramolecular Hbond substituents is 1. The summed E-state index contributed by atoms with van der Waals surface area (Å²) >= 11 is 0. The summed E-state index contributed by atoms with van der Waals surface area (Å²) in [6.07, 6.45) is 17.9. The molecule has 8 heteroatoms. The maximum atomic E-state index is 11.0. The molecule has 8 nitrogen and oxygen atoms in total. The van der Waals surface area contributed by atoms with E-state index in [4.69, 9.17) is 19.7 Å². The molecule has 0 aliphatic heterocycles. The number of hydrogen-bond donors (Lipinski definition) is 1. The van der Waals surface area contributed by atoms with Gasteiger partial charge in [0.15, 0.2) is 17.5 Å². The Bertz CT molecular complexity index is 1740. The lowest BCUT2D eigenvalue weighted by Gasteiger charge is -2.13. The van der Waals surface area contributed by atoms with E-state index in [1.54, 1.807) is 12.3 Å². The topological polar surface area (TPSA) is 107 Å². The van der Waals surface area contributed by atoms with Crippen LogP contribution in [0.3, 0.4) is 0 Å². The van der Waals surface area contributed by atoms with Crippen molar-refractivity contribution in [1.29, 1.82) is 0 Å². The number of phenols is 1. The van der Waals surface area contributed by atoms with Crippen LogP contribution < -0.4 is 4.74 Å². The molecule has 3 aromatic carbocycles. The fourth-order valence-corrected chi connectivity index (χ4v) is 6.21. The van der Waals surface area contributed by atoms with E-state index in [1.165, 1.54) is 75.3 Å². The second kappa shape index (κ2) is 21.6. The number of rotatable bonds is 18. The molecular weight excluding hydrogens is 645 g/mol. The minimum absolute atomic E-state index is 0.0924. The van der Waals surface area contributed by atoms with E-state index in [-0.39, 0.29) is 5.75 Å². The molecule has 0 saturated carbocycles. The Balaban J connectivity index is 0.000000363. The average molecular weight is 703 g/mol. The van der Waals surface area contributed by atoms with Crippen molar-refractivity contribution < 1.29 is 9.84 Å². The molecule has 0 spiro atoms. The van der Waals surface area contributed by atoms with Gasteiger partial charge in [0.05, 0.1) is 24.1 Å². The molecule has 276 valence electrons. The summed E-state index contributed by atoms with van der Waals surface area (Å²) in [5.74, 6) is 2.35. The Labute approximate surface area is 311 Å². The summed E-state index contributed by atoms with van der Waals surface area (Å²) in [5.41, 5.74) is 8.07. The molecule has 0 bridgehead atoms. The van der Waals surface area contributed by atoms with Crippen molar-refractivity contribution in [3.8, 4) is 45.7 Å². The van der Waals surface area contributed by atoms with E-state index < -0.39 is 0 Å². The van der Waals surface area contributed by atoms with Crippen molar-refractivity contribution in [2.75, 3.05) is 6.61 Å². The van der Waals surface area contributed by atoms with Crippen LogP contribution >= 0.6 is 0 Å². The van der Waals surface area contributed by atoms with E-state index in [2.05, 4.69) is 93.4 Å². The van der Waals surface area contributed by atoms with Gasteiger partial charge in [-0.3, -0.25) is 0 Å². The van der Waals surface area contributed by atoms with Crippen LogP contribution in [0.1, 0.15) is 119 Å². The van der Waals surface area contributed by atoms with Crippen molar-refractivity contribution >= 4 is 0 Å². The predicted octanol–water partition coefficient (Wildman–Crippen LogP) is 11.3. The number of ether oxygens (including phenoxy) is 1. The van der Waals surface area contributed by atoms with Crippen molar-refractivity contribution in [3.63, 3.8) is 0 Å². The SMILES string of the molecule is CCCCCCCCOc1ccc(-c2nc(-c3ccc(C)cc3C)nc(-c3ccc(C)cc3C)n2)c(O)c1.CCCCCCCCc1ccnnn1. The second-order valence-corrected chi connectivity index (χ2v) is 13.9. The van der Waals surface area contributed by atoms with Gasteiger partial charge in [-0.25, -0.2) is 15.0 Å². The predicted molar refractivity (Wildman–Crippen MR) is 213 cm³/mol. The monoisotopic (exact) mass is 702 g/mol. The summed E-state index contributed by atoms with van der Waals surface area (Å²) in [6, 6.07) is 19.8. The fraction of sp³-hybridized carbons (Fsp3) is 0.455. The number of hydrogen-bond acceptors (Lipinski definition) is 8. The Morgan fingerprint density at radius 2 is 1.08 bits per heavy atom. The molecule has 2 aromatic heterocycles. The molecular formula is C44H58N6O2. The number of aromatic nitrogens is 6. The summed E-state index contributed by atoms with van der Waals surface area (Å²) in [6.45, 7) is 13.4. The third-order valence-electron chi connectivity index (χ3n) is 9.20. The van der Waals surface area contributed by atoms with Gasteiger partial charge < -0.3 is 9.84 Å².